The Morgan fingerprint density at radius 1 is 0.354 bits per heavy atom. The Kier molecular flexibility index (Phi) is 15.5. The molecule has 0 aliphatic rings. The zero-order chi connectivity index (χ0) is 47.6. The smallest absolute Gasteiger partial charge is 0.413 e. The van der Waals surface area contributed by atoms with Crippen molar-refractivity contribution in [2.45, 2.75) is 156 Å². The molecule has 0 aromatic heterocycles. The molecule has 0 saturated heterocycles. The molecule has 0 N–H and O–H groups in total. The lowest BCUT2D eigenvalue weighted by atomic mass is 10.00. The number of hydrogen-bond acceptors (Lipinski definition) is 7. The quantitative estimate of drug-likeness (QED) is 0.0628. The molecule has 0 bridgehead atoms. The molecule has 0 heterocycles. The molecule has 7 nitrogen and oxygen atoms in total. The van der Waals surface area contributed by atoms with E-state index in [0.29, 0.717) is 19.8 Å². The second-order valence-corrected chi connectivity index (χ2v) is 38.3. The van der Waals surface area contributed by atoms with E-state index in [9.17, 15) is 0 Å². The van der Waals surface area contributed by atoms with Crippen molar-refractivity contribution in [3.8, 4) is 0 Å². The maximum atomic E-state index is 15.4. The summed E-state index contributed by atoms with van der Waals surface area (Å²) >= 11 is 0. The Labute approximate surface area is 393 Å². The SMILES string of the molecule is CC(C)(C)[Si](C)(C)OCc1cccc2cccc(COP(=O)(OCc3cccc4cccc(CO[Si](C)(C)C(C)(C)C)c34)OCc3cccc4cccc(CO[Si](C)(C)C(C)(C)C)c34)c12. The van der Waals surface area contributed by atoms with E-state index in [-0.39, 0.29) is 34.9 Å². The van der Waals surface area contributed by atoms with E-state index >= 15 is 4.57 Å². The van der Waals surface area contributed by atoms with Gasteiger partial charge < -0.3 is 13.3 Å². The standard InChI is InChI=1S/C54H75O7PSi3/c1-52(2,3)63(10,11)59-37-46-31-19-25-40-22-16-28-43(49(40)46)34-56-62(55,57-35-44-29-17-23-41-26-20-32-47(50(41)44)38-60-64(12,13)53(4,5)6)58-36-45-30-18-24-42-27-21-33-48(51(42)45)39-61-65(14,15)54(7,8)9/h16-33H,34-39H2,1-15H3. The normalized spacial score (nSPS) is 13.6. The molecule has 0 unspecified atom stereocenters. The second-order valence-electron chi connectivity index (χ2n) is 22.2. The van der Waals surface area contributed by atoms with Gasteiger partial charge in [-0.1, -0.05) is 172 Å². The highest BCUT2D eigenvalue weighted by molar-refractivity contribution is 7.48. The predicted octanol–water partition coefficient (Wildman–Crippen LogP) is 16.8. The topological polar surface area (TPSA) is 72.5 Å². The van der Waals surface area contributed by atoms with Crippen LogP contribution in [0.15, 0.2) is 109 Å². The fourth-order valence-corrected chi connectivity index (χ4v) is 11.2. The van der Waals surface area contributed by atoms with Crippen molar-refractivity contribution in [3.05, 3.63) is 143 Å². The minimum Gasteiger partial charge on any atom is -0.413 e. The summed E-state index contributed by atoms with van der Waals surface area (Å²) in [6.07, 6.45) is 0. The van der Waals surface area contributed by atoms with Crippen molar-refractivity contribution in [1.29, 1.82) is 0 Å². The van der Waals surface area contributed by atoms with Crippen LogP contribution in [0.2, 0.25) is 54.4 Å². The highest BCUT2D eigenvalue weighted by Gasteiger charge is 2.39. The molecule has 11 heteroatoms. The lowest BCUT2D eigenvalue weighted by molar-refractivity contribution is 0.0987. The minimum absolute atomic E-state index is 0.00794. The number of benzene rings is 6. The monoisotopic (exact) mass is 950 g/mol. The molecule has 0 spiro atoms. The number of fused-ring (bicyclic) bond motifs is 3. The summed E-state index contributed by atoms with van der Waals surface area (Å²) in [5.41, 5.74) is 5.85. The molecule has 0 atom stereocenters. The van der Waals surface area contributed by atoms with Crippen molar-refractivity contribution in [2.75, 3.05) is 0 Å². The largest absolute Gasteiger partial charge is 0.475 e. The molecule has 0 amide bonds. The van der Waals surface area contributed by atoms with Gasteiger partial charge in [-0.3, -0.25) is 13.6 Å². The summed E-state index contributed by atoms with van der Waals surface area (Å²) < 4.78 is 55.1. The number of rotatable bonds is 18. The maximum absolute atomic E-state index is 15.4. The Hall–Kier alpha value is -3.26. The van der Waals surface area contributed by atoms with Gasteiger partial charge in [-0.2, -0.15) is 0 Å². The van der Waals surface area contributed by atoms with E-state index in [4.69, 9.17) is 26.8 Å². The van der Waals surface area contributed by atoms with Crippen LogP contribution in [0.3, 0.4) is 0 Å². The van der Waals surface area contributed by atoms with Gasteiger partial charge in [0, 0.05) is 0 Å². The van der Waals surface area contributed by atoms with E-state index in [2.05, 4.69) is 174 Å². The zero-order valence-electron chi connectivity index (χ0n) is 41.9. The van der Waals surface area contributed by atoms with Gasteiger partial charge in [-0.15, -0.1) is 0 Å². The van der Waals surface area contributed by atoms with Gasteiger partial charge in [0.15, 0.2) is 25.0 Å². The molecule has 0 fully saturated rings. The van der Waals surface area contributed by atoms with Gasteiger partial charge in [0.2, 0.25) is 0 Å². The maximum Gasteiger partial charge on any atom is 0.475 e. The Morgan fingerprint density at radius 2 is 0.554 bits per heavy atom. The Morgan fingerprint density at radius 3 is 0.754 bits per heavy atom. The molecule has 6 rings (SSSR count). The summed E-state index contributed by atoms with van der Waals surface area (Å²) in [6, 6.07) is 37.3. The van der Waals surface area contributed by atoms with Crippen LogP contribution in [0.25, 0.3) is 32.3 Å². The third-order valence-electron chi connectivity index (χ3n) is 14.6. The van der Waals surface area contributed by atoms with Crippen molar-refractivity contribution >= 4 is 65.1 Å². The van der Waals surface area contributed by atoms with E-state index in [1.165, 1.54) is 0 Å². The van der Waals surface area contributed by atoms with Crippen molar-refractivity contribution < 1.29 is 31.4 Å². The summed E-state index contributed by atoms with van der Waals surface area (Å²) in [6.45, 7) is 35.4. The van der Waals surface area contributed by atoms with Crippen molar-refractivity contribution in [2.24, 2.45) is 0 Å². The molecule has 6 aromatic carbocycles. The van der Waals surface area contributed by atoms with Gasteiger partial charge in [-0.05, 0) is 120 Å². The van der Waals surface area contributed by atoms with E-state index in [0.717, 1.165) is 65.7 Å². The lowest BCUT2D eigenvalue weighted by Gasteiger charge is -2.36. The first-order chi connectivity index (χ1) is 30.2. The van der Waals surface area contributed by atoms with Crippen LogP contribution >= 0.6 is 7.82 Å². The second kappa shape index (κ2) is 19.8. The van der Waals surface area contributed by atoms with Gasteiger partial charge in [-0.25, -0.2) is 4.57 Å². The Bertz CT molecular complexity index is 2350. The number of hydrogen-bond donors (Lipinski definition) is 0. The number of phosphoric ester groups is 1. The fourth-order valence-electron chi connectivity index (χ4n) is 7.21. The fraction of sp³-hybridized carbons (Fsp3) is 0.444. The summed E-state index contributed by atoms with van der Waals surface area (Å²) in [5.74, 6) is 0. The molecule has 0 radical (unpaired) electrons. The molecule has 350 valence electrons. The molecule has 0 aliphatic heterocycles. The van der Waals surface area contributed by atoms with Crippen molar-refractivity contribution in [3.63, 3.8) is 0 Å². The highest BCUT2D eigenvalue weighted by atomic mass is 31.2. The first-order valence-corrected chi connectivity index (χ1v) is 33.3. The first-order valence-electron chi connectivity index (χ1n) is 23.2. The van der Waals surface area contributed by atoms with Gasteiger partial charge in [0.25, 0.3) is 0 Å². The summed E-state index contributed by atoms with van der Waals surface area (Å²) in [5, 5.41) is 6.47. The van der Waals surface area contributed by atoms with Crippen LogP contribution in [0, 0.1) is 0 Å². The molecular weight excluding hydrogens is 876 g/mol. The molecule has 0 aliphatic carbocycles. The van der Waals surface area contributed by atoms with Gasteiger partial charge in [0.1, 0.15) is 0 Å². The average molecular weight is 951 g/mol. The first kappa shape index (κ1) is 51.1. The van der Waals surface area contributed by atoms with Crippen LogP contribution in [0.1, 0.15) is 95.7 Å². The summed E-state index contributed by atoms with van der Waals surface area (Å²) in [7, 11) is -10.4. The minimum atomic E-state index is -4.26. The number of phosphoric acid groups is 1. The van der Waals surface area contributed by atoms with Gasteiger partial charge >= 0.3 is 7.82 Å². The highest BCUT2D eigenvalue weighted by Crippen LogP contribution is 2.53. The summed E-state index contributed by atoms with van der Waals surface area (Å²) in [4.78, 5) is 0. The van der Waals surface area contributed by atoms with E-state index < -0.39 is 32.8 Å². The van der Waals surface area contributed by atoms with Gasteiger partial charge in [0.05, 0.1) is 39.6 Å². The molecular formula is C54H75O7PSi3. The van der Waals surface area contributed by atoms with Crippen LogP contribution in [0.4, 0.5) is 0 Å². The molecule has 0 saturated carbocycles. The Balaban J connectivity index is 1.35. The average Bonchev–Trinajstić information content (AvgIpc) is 3.23. The molecule has 6 aromatic rings. The lowest BCUT2D eigenvalue weighted by Crippen LogP contribution is -2.40. The van der Waals surface area contributed by atoms with Crippen molar-refractivity contribution in [1.82, 2.24) is 0 Å². The third kappa shape index (κ3) is 12.1. The van der Waals surface area contributed by atoms with Crippen LogP contribution in [0.5, 0.6) is 0 Å². The van der Waals surface area contributed by atoms with E-state index in [1.807, 2.05) is 36.4 Å². The zero-order valence-corrected chi connectivity index (χ0v) is 45.8. The predicted molar refractivity (Wildman–Crippen MR) is 280 cm³/mol. The van der Waals surface area contributed by atoms with E-state index in [1.54, 1.807) is 0 Å². The van der Waals surface area contributed by atoms with Crippen LogP contribution in [-0.4, -0.2) is 25.0 Å². The van der Waals surface area contributed by atoms with Crippen LogP contribution in [-0.2, 0) is 71.1 Å². The molecule has 65 heavy (non-hydrogen) atoms. The van der Waals surface area contributed by atoms with Crippen LogP contribution < -0.4 is 0 Å². The third-order valence-corrected chi connectivity index (χ3v) is 29.3.